The predicted octanol–water partition coefficient (Wildman–Crippen LogP) is 14.3. The molecule has 18 rings (SSSR count). The third kappa shape index (κ3) is 20.9. The van der Waals surface area contributed by atoms with E-state index in [4.69, 9.17) is 24.4 Å². The quantitative estimate of drug-likeness (QED) is 0.0293. The molecule has 3 atom stereocenters. The smallest absolute Gasteiger partial charge is 0.247 e. The van der Waals surface area contributed by atoms with Crippen LogP contribution in [0.2, 0.25) is 0 Å². The Hall–Kier alpha value is -12.7. The summed E-state index contributed by atoms with van der Waals surface area (Å²) in [6.07, 6.45) is 31.3. The molecule has 3 amide bonds. The fourth-order valence-electron chi connectivity index (χ4n) is 15.5. The Balaban J connectivity index is 0.000000135. The number of likely N-dealkylation sites (tertiary alicyclic amines) is 3. The first-order valence-corrected chi connectivity index (χ1v) is 42.7. The van der Waals surface area contributed by atoms with Crippen LogP contribution >= 0.6 is 34.6 Å². The number of piperidine rings is 3. The average Bonchev–Trinajstić information content (AvgIpc) is 1.64. The highest BCUT2D eigenvalue weighted by Crippen LogP contribution is 2.34. The van der Waals surface area contributed by atoms with Crippen LogP contribution in [0.5, 0.6) is 11.5 Å². The van der Waals surface area contributed by atoms with Gasteiger partial charge in [-0.1, -0.05) is 32.9 Å². The molecular formula is C85H96N28O5S3. The van der Waals surface area contributed by atoms with E-state index in [1.807, 2.05) is 95.4 Å². The van der Waals surface area contributed by atoms with Gasteiger partial charge in [-0.15, -0.1) is 0 Å². The second-order valence-electron chi connectivity index (χ2n) is 31.2. The van der Waals surface area contributed by atoms with E-state index in [2.05, 4.69) is 134 Å². The standard InChI is InChI=1S/2C29H33N9O2S.C27H30N10OS/c1-19-6-5-9-36(14-19)17-23-11-27(41-35-23)34-28-29-30-13-25(38(29)15-20(2)32-28)21-12-31-37(16-21)18-26(39)33-22-7-4-8-24(10-22)40-3;1-19-5-4-10-36(14-19)17-23-11-27(41-35-23)34-28-29-30-13-25(38(29)15-20(2)32-28)21-12-31-37(16-21)18-26(39)33-22-6-8-24(40-3)9-7-22;1-18-6-5-9-35(13-18)16-21-10-25(39-34-21)33-26-27-29-12-22(37(27)14-19(2)31-26)20-11-30-36(15-20)17-24(38)32-23-7-3-4-8-28-23/h4,7-8,10-13,15-16,19H,5-6,9,14,17-18H2,1-3H3,(H,32,34)(H,33,39);6-9,11-13,15-16,19H,4-5,10,14,17-18H2,1-3H3,(H,32,34)(H,33,39);3-4,7-8,10-12,14-15,18H,5-6,9,13,16-17H2,1-2H3,(H,31,33)(H,28,32,38). The van der Waals surface area contributed by atoms with Gasteiger partial charge in [0.2, 0.25) is 17.7 Å². The number of imidazole rings is 3. The Labute approximate surface area is 711 Å². The zero-order chi connectivity index (χ0) is 83.5. The molecule has 33 nitrogen and oxygen atoms in total. The van der Waals surface area contributed by atoms with Gasteiger partial charge in [-0.25, -0.2) is 34.9 Å². The van der Waals surface area contributed by atoms with E-state index in [1.165, 1.54) is 73.1 Å². The third-order valence-corrected chi connectivity index (χ3v) is 23.2. The Kier molecular flexibility index (Phi) is 25.5. The highest BCUT2D eigenvalue weighted by Gasteiger charge is 2.25. The van der Waals surface area contributed by atoms with Gasteiger partial charge in [-0.05, 0) is 198 Å². The zero-order valence-electron chi connectivity index (χ0n) is 68.7. The Bertz CT molecular complexity index is 6080. The summed E-state index contributed by atoms with van der Waals surface area (Å²) in [5, 5.41) is 34.9. The van der Waals surface area contributed by atoms with Crippen molar-refractivity contribution in [3.8, 4) is 45.3 Å². The number of benzene rings is 2. The lowest BCUT2D eigenvalue weighted by Gasteiger charge is -2.30. The van der Waals surface area contributed by atoms with Gasteiger partial charge >= 0.3 is 0 Å². The molecule has 0 radical (unpaired) electrons. The van der Waals surface area contributed by atoms with Gasteiger partial charge in [-0.3, -0.25) is 56.3 Å². The molecule has 121 heavy (non-hydrogen) atoms. The molecule has 36 heteroatoms. The number of carbonyl (C=O) groups is 3. The first kappa shape index (κ1) is 82.0. The number of ether oxygens (including phenoxy) is 2. The summed E-state index contributed by atoms with van der Waals surface area (Å²) in [6.45, 7) is 22.4. The Morgan fingerprint density at radius 1 is 0.430 bits per heavy atom. The largest absolute Gasteiger partial charge is 0.497 e. The van der Waals surface area contributed by atoms with Gasteiger partial charge in [0.05, 0.1) is 103 Å². The number of nitrogens with one attached hydrogen (secondary N) is 6. The van der Waals surface area contributed by atoms with E-state index in [-0.39, 0.29) is 37.4 Å². The molecule has 6 N–H and O–H groups in total. The number of carbonyl (C=O) groups excluding carboxylic acids is 3. The van der Waals surface area contributed by atoms with Crippen LogP contribution < -0.4 is 41.4 Å². The molecule has 3 aliphatic heterocycles. The first-order valence-electron chi connectivity index (χ1n) is 40.4. The van der Waals surface area contributed by atoms with Gasteiger partial charge in [-0.2, -0.15) is 28.4 Å². The zero-order valence-corrected chi connectivity index (χ0v) is 71.1. The van der Waals surface area contributed by atoms with Crippen molar-refractivity contribution in [3.63, 3.8) is 0 Å². The van der Waals surface area contributed by atoms with Crippen molar-refractivity contribution >= 4 is 119 Å². The molecular weight excluding hydrogens is 1590 g/mol. The number of nitrogens with zero attached hydrogens (tertiary/aromatic N) is 22. The van der Waals surface area contributed by atoms with Crippen LogP contribution in [-0.4, -0.2) is 176 Å². The molecule has 3 unspecified atom stereocenters. The number of rotatable bonds is 26. The van der Waals surface area contributed by atoms with Crippen LogP contribution in [0, 0.1) is 38.5 Å². The van der Waals surface area contributed by atoms with E-state index in [9.17, 15) is 14.4 Å². The van der Waals surface area contributed by atoms with E-state index in [0.717, 1.165) is 165 Å². The number of aromatic nitrogens is 19. The molecule has 2 aromatic carbocycles. The van der Waals surface area contributed by atoms with Crippen LogP contribution in [0.25, 0.3) is 50.7 Å². The van der Waals surface area contributed by atoms with Crippen LogP contribution in [0.15, 0.2) is 165 Å². The number of fused-ring (bicyclic) bond motifs is 3. The number of amides is 3. The van der Waals surface area contributed by atoms with Crippen molar-refractivity contribution in [3.05, 3.63) is 200 Å². The van der Waals surface area contributed by atoms with E-state index >= 15 is 0 Å². The number of hydrogen-bond acceptors (Lipinski definition) is 27. The van der Waals surface area contributed by atoms with Gasteiger partial charge < -0.3 is 41.4 Å². The summed E-state index contributed by atoms with van der Waals surface area (Å²) in [5.41, 5.74) is 14.3. The van der Waals surface area contributed by atoms with Gasteiger partial charge in [0.25, 0.3) is 0 Å². The Morgan fingerprint density at radius 2 is 0.826 bits per heavy atom. The molecule has 13 aromatic heterocycles. The molecule has 0 aliphatic carbocycles. The number of pyridine rings is 1. The topological polar surface area (TPSA) is 347 Å². The predicted molar refractivity (Wildman–Crippen MR) is 470 cm³/mol. The first-order chi connectivity index (χ1) is 58.9. The highest BCUT2D eigenvalue weighted by molar-refractivity contribution is 7.10. The maximum Gasteiger partial charge on any atom is 0.247 e. The van der Waals surface area contributed by atoms with Crippen LogP contribution in [-0.2, 0) is 53.7 Å². The maximum absolute atomic E-state index is 12.6. The van der Waals surface area contributed by atoms with Crippen molar-refractivity contribution in [2.45, 2.75) is 119 Å². The van der Waals surface area contributed by atoms with E-state index < -0.39 is 0 Å². The van der Waals surface area contributed by atoms with Gasteiger partial charge in [0.1, 0.15) is 52.0 Å². The number of anilines is 9. The summed E-state index contributed by atoms with van der Waals surface area (Å²) in [6, 6.07) is 26.1. The molecule has 0 saturated carbocycles. The van der Waals surface area contributed by atoms with Crippen molar-refractivity contribution in [2.75, 3.05) is 85.4 Å². The summed E-state index contributed by atoms with van der Waals surface area (Å²) < 4.78 is 35.2. The SMILES string of the molecule is COc1ccc(NC(=O)Cn2cc(-c3cnc4c(Nc5cc(CN6CCCC(C)C6)ns5)nc(C)cn34)cn2)cc1.COc1cccc(NC(=O)Cn2cc(-c3cnc4c(Nc5cc(CN6CCCC(C)C6)ns5)nc(C)cn34)cn2)c1.Cc1cn2c(-c3cnn(CC(=O)Nc4ccccn4)c3)cnc2c(Nc2cc(CN3CCCC(C)C3)ns2)n1. The van der Waals surface area contributed by atoms with Crippen LogP contribution in [0.4, 0.5) is 49.6 Å². The minimum Gasteiger partial charge on any atom is -0.497 e. The lowest BCUT2D eigenvalue weighted by molar-refractivity contribution is -0.117. The summed E-state index contributed by atoms with van der Waals surface area (Å²) in [7, 11) is 3.20. The lowest BCUT2D eigenvalue weighted by Crippen LogP contribution is -2.33. The fraction of sp³-hybridized carbons (Fsp3) is 0.341. The molecule has 3 fully saturated rings. The van der Waals surface area contributed by atoms with Crippen molar-refractivity contribution < 1.29 is 23.9 Å². The molecule has 0 spiro atoms. The molecule has 15 aromatic rings. The highest BCUT2D eigenvalue weighted by atomic mass is 32.1. The normalized spacial score (nSPS) is 15.8. The van der Waals surface area contributed by atoms with Crippen LogP contribution in [0.3, 0.4) is 0 Å². The minimum atomic E-state index is -0.202. The molecule has 0 bridgehead atoms. The number of hydrogen-bond donors (Lipinski definition) is 6. The number of aryl methyl sites for hydroxylation is 3. The summed E-state index contributed by atoms with van der Waals surface area (Å²) in [5.74, 6) is 5.59. The fourth-order valence-corrected chi connectivity index (χ4v) is 17.4. The molecule has 624 valence electrons. The lowest BCUT2D eigenvalue weighted by atomic mass is 10.0. The summed E-state index contributed by atoms with van der Waals surface area (Å²) >= 11 is 4.32. The van der Waals surface area contributed by atoms with Crippen molar-refractivity contribution in [1.29, 1.82) is 0 Å². The minimum absolute atomic E-state index is 0.0742. The Morgan fingerprint density at radius 3 is 1.21 bits per heavy atom. The molecule has 3 aliphatic rings. The monoisotopic (exact) mass is 1680 g/mol. The second-order valence-corrected chi connectivity index (χ2v) is 33.6. The third-order valence-electron chi connectivity index (χ3n) is 21.0. The van der Waals surface area contributed by atoms with Crippen molar-refractivity contribution in [1.82, 2.24) is 105 Å². The summed E-state index contributed by atoms with van der Waals surface area (Å²) in [4.78, 5) is 77.4. The number of methoxy groups -OCH3 is 2. The second kappa shape index (κ2) is 37.7. The maximum atomic E-state index is 12.6. The molecule has 3 saturated heterocycles. The van der Waals surface area contributed by atoms with Gasteiger partial charge in [0, 0.05) is 117 Å². The van der Waals surface area contributed by atoms with Crippen LogP contribution in [0.1, 0.15) is 93.5 Å². The van der Waals surface area contributed by atoms with Gasteiger partial charge in [0.15, 0.2) is 34.4 Å². The van der Waals surface area contributed by atoms with Crippen molar-refractivity contribution in [2.24, 2.45) is 17.8 Å². The molecule has 16 heterocycles. The van der Waals surface area contributed by atoms with E-state index in [0.29, 0.717) is 57.3 Å². The van der Waals surface area contributed by atoms with E-state index in [1.54, 1.807) is 114 Å². The average molecular weight is 1690 g/mol.